The molecule has 188 valence electrons. The molecule has 13 heteroatoms. The van der Waals surface area contributed by atoms with Crippen LogP contribution in [0.2, 0.25) is 10.0 Å². The summed E-state index contributed by atoms with van der Waals surface area (Å²) in [6.45, 7) is 1.75. The highest BCUT2D eigenvalue weighted by atomic mass is 35.5. The third-order valence-corrected chi connectivity index (χ3v) is 5.95. The van der Waals surface area contributed by atoms with Gasteiger partial charge < -0.3 is 25.9 Å². The van der Waals surface area contributed by atoms with Crippen LogP contribution in [-0.4, -0.2) is 42.2 Å². The van der Waals surface area contributed by atoms with Crippen molar-refractivity contribution in [2.24, 2.45) is 0 Å². The summed E-state index contributed by atoms with van der Waals surface area (Å²) in [5.41, 5.74) is 1.43. The molecule has 1 amide bonds. The zero-order valence-electron chi connectivity index (χ0n) is 18.6. The number of nitro groups is 1. The lowest BCUT2D eigenvalue weighted by molar-refractivity contribution is -0.385. The number of hydrogen-bond donors (Lipinski definition) is 2. The van der Waals surface area contributed by atoms with Gasteiger partial charge in [-0.15, -0.1) is 0 Å². The quantitative estimate of drug-likeness (QED) is 0.164. The fourth-order valence-electron chi connectivity index (χ4n) is 3.69. The van der Waals surface area contributed by atoms with Crippen molar-refractivity contribution in [2.45, 2.75) is 13.5 Å². The summed E-state index contributed by atoms with van der Waals surface area (Å²) >= 11 is 12.1. The Labute approximate surface area is 213 Å². The number of benzene rings is 2. The molecule has 0 aliphatic carbocycles. The van der Waals surface area contributed by atoms with E-state index in [0.717, 1.165) is 0 Å². The van der Waals surface area contributed by atoms with Crippen LogP contribution in [0.3, 0.4) is 0 Å². The van der Waals surface area contributed by atoms with Gasteiger partial charge >= 0.3 is 0 Å². The lowest BCUT2D eigenvalue weighted by Crippen LogP contribution is -2.23. The maximum atomic E-state index is 13.1. The number of phenolic OH excluding ortho intramolecular Hbond substituents is 1. The summed E-state index contributed by atoms with van der Waals surface area (Å²) in [4.78, 5) is 40.4. The van der Waals surface area contributed by atoms with Crippen LogP contribution in [0, 0.1) is 17.0 Å². The minimum absolute atomic E-state index is 0. The van der Waals surface area contributed by atoms with E-state index >= 15 is 0 Å². The number of hydrogen-bond acceptors (Lipinski definition) is 6. The van der Waals surface area contributed by atoms with Crippen molar-refractivity contribution in [3.05, 3.63) is 91.8 Å². The van der Waals surface area contributed by atoms with Crippen LogP contribution in [0.4, 0.5) is 11.4 Å². The number of nitrogens with one attached hydrogen (secondary N) is 1. The summed E-state index contributed by atoms with van der Waals surface area (Å²) in [5.74, 6) is -1.97. The molecule has 36 heavy (non-hydrogen) atoms. The third-order valence-electron chi connectivity index (χ3n) is 5.37. The predicted molar refractivity (Wildman–Crippen MR) is 135 cm³/mol. The molecule has 0 unspecified atom stereocenters. The Hall–Kier alpha value is -4.03. The molecule has 0 aliphatic rings. The summed E-state index contributed by atoms with van der Waals surface area (Å²) in [5, 5.41) is 24.7. The van der Waals surface area contributed by atoms with Crippen molar-refractivity contribution in [1.29, 1.82) is 0 Å². The Morgan fingerprint density at radius 3 is 2.39 bits per heavy atom. The number of nitrogens with zero attached hydrogens (tertiary/aromatic N) is 3. The van der Waals surface area contributed by atoms with Crippen molar-refractivity contribution >= 4 is 57.2 Å². The van der Waals surface area contributed by atoms with Crippen molar-refractivity contribution in [2.75, 3.05) is 5.32 Å². The predicted octanol–water partition coefficient (Wildman–Crippen LogP) is 3.49. The van der Waals surface area contributed by atoms with Gasteiger partial charge in [0.25, 0.3) is 17.4 Å². The Morgan fingerprint density at radius 2 is 1.75 bits per heavy atom. The maximum absolute atomic E-state index is 13.1. The first-order valence-electron chi connectivity index (χ1n) is 9.87. The van der Waals surface area contributed by atoms with Crippen molar-refractivity contribution in [3.8, 4) is 5.75 Å². The average molecular weight is 535 g/mol. The minimum Gasteiger partial charge on any atom is -0.506 e. The van der Waals surface area contributed by atoms with Gasteiger partial charge in [-0.1, -0.05) is 47.5 Å². The van der Waals surface area contributed by atoms with Crippen LogP contribution in [0.15, 0.2) is 55.0 Å². The molecule has 0 aliphatic heterocycles. The number of amides is 1. The lowest BCUT2D eigenvalue weighted by atomic mass is 10.1. The summed E-state index contributed by atoms with van der Waals surface area (Å²) < 4.78 is 1.57. The van der Waals surface area contributed by atoms with E-state index in [4.69, 9.17) is 23.2 Å². The Morgan fingerprint density at radius 1 is 1.11 bits per heavy atom. The van der Waals surface area contributed by atoms with Crippen LogP contribution in [0.5, 0.6) is 5.75 Å². The highest BCUT2D eigenvalue weighted by Crippen LogP contribution is 2.32. The van der Waals surface area contributed by atoms with Gasteiger partial charge in [0.05, 0.1) is 31.7 Å². The normalized spacial score (nSPS) is 10.3. The number of Topliss-reactive ketones (excluding diaryl/α,β-unsaturated/α-hetero) is 1. The van der Waals surface area contributed by atoms with Crippen molar-refractivity contribution in [3.63, 3.8) is 0 Å². The molecular formula is C23H20Cl2N4O7. The Bertz CT molecular complexity index is 1470. The summed E-state index contributed by atoms with van der Waals surface area (Å²) in [6.07, 6.45) is 3.98. The number of para-hydroxylation sites is 1. The number of pyridine rings is 1. The van der Waals surface area contributed by atoms with E-state index in [-0.39, 0.29) is 50.2 Å². The van der Waals surface area contributed by atoms with Gasteiger partial charge in [-0.25, -0.2) is 0 Å². The highest BCUT2D eigenvalue weighted by Gasteiger charge is 2.25. The second kappa shape index (κ2) is 11.1. The fourth-order valence-corrected chi connectivity index (χ4v) is 4.15. The van der Waals surface area contributed by atoms with E-state index < -0.39 is 16.6 Å². The molecular weight excluding hydrogens is 515 g/mol. The standard InChI is InChI=1S/C23H16Cl2N4O5.2H2O/c1-12-13(4-2-6-18(12)29(33)34)10-28-11-15(14-5-3-7-19(30)21(14)28)22(31)23(32)27-20-16(24)8-26-9-17(20)25;;/h2-9,11,30H,10H2,1H3,(H,26,27,32);2*1H2. The maximum Gasteiger partial charge on any atom is 0.296 e. The van der Waals surface area contributed by atoms with Crippen LogP contribution in [-0.2, 0) is 11.3 Å². The van der Waals surface area contributed by atoms with E-state index in [1.165, 1.54) is 30.7 Å². The largest absolute Gasteiger partial charge is 0.506 e. The molecule has 6 N–H and O–H groups in total. The molecule has 0 saturated heterocycles. The molecule has 0 saturated carbocycles. The number of carbonyl (C=O) groups is 2. The number of phenols is 1. The van der Waals surface area contributed by atoms with E-state index in [2.05, 4.69) is 10.3 Å². The average Bonchev–Trinajstić information content (AvgIpc) is 3.16. The van der Waals surface area contributed by atoms with Gasteiger partial charge in [-0.3, -0.25) is 24.7 Å². The monoisotopic (exact) mass is 534 g/mol. The molecule has 2 aromatic heterocycles. The molecule has 0 radical (unpaired) electrons. The molecule has 0 bridgehead atoms. The number of aromatic hydroxyl groups is 1. The topological polar surface area (TPSA) is 190 Å². The number of carbonyl (C=O) groups excluding carboxylic acids is 2. The molecule has 11 nitrogen and oxygen atoms in total. The summed E-state index contributed by atoms with van der Waals surface area (Å²) in [7, 11) is 0. The van der Waals surface area contributed by atoms with E-state index in [1.807, 2.05) is 0 Å². The second-order valence-electron chi connectivity index (χ2n) is 7.42. The Kier molecular flexibility index (Phi) is 8.73. The molecule has 2 aromatic carbocycles. The molecule has 0 atom stereocenters. The highest BCUT2D eigenvalue weighted by molar-refractivity contribution is 6.50. The van der Waals surface area contributed by atoms with E-state index in [0.29, 0.717) is 22.0 Å². The van der Waals surface area contributed by atoms with Crippen LogP contribution in [0.25, 0.3) is 10.9 Å². The molecule has 0 spiro atoms. The summed E-state index contributed by atoms with van der Waals surface area (Å²) in [6, 6.07) is 9.27. The molecule has 0 fully saturated rings. The first-order valence-corrected chi connectivity index (χ1v) is 10.6. The number of rotatable bonds is 6. The van der Waals surface area contributed by atoms with Gasteiger partial charge in [0.1, 0.15) is 5.75 Å². The molecule has 4 rings (SSSR count). The smallest absolute Gasteiger partial charge is 0.296 e. The second-order valence-corrected chi connectivity index (χ2v) is 8.24. The van der Waals surface area contributed by atoms with Gasteiger partial charge in [-0.05, 0) is 18.6 Å². The zero-order valence-corrected chi connectivity index (χ0v) is 20.1. The lowest BCUT2D eigenvalue weighted by Gasteiger charge is -2.09. The van der Waals surface area contributed by atoms with Gasteiger partial charge in [0, 0.05) is 42.2 Å². The first kappa shape index (κ1) is 28.2. The van der Waals surface area contributed by atoms with Crippen molar-refractivity contribution < 1.29 is 30.6 Å². The first-order chi connectivity index (χ1) is 16.2. The van der Waals surface area contributed by atoms with Crippen LogP contribution >= 0.6 is 23.2 Å². The number of aromatic nitrogens is 2. The van der Waals surface area contributed by atoms with Crippen LogP contribution < -0.4 is 5.32 Å². The number of fused-ring (bicyclic) bond motifs is 1. The third kappa shape index (κ3) is 5.14. The molecule has 4 aromatic rings. The van der Waals surface area contributed by atoms with E-state index in [9.17, 15) is 24.8 Å². The zero-order chi connectivity index (χ0) is 24.6. The minimum atomic E-state index is -0.982. The Balaban J connectivity index is 0.00000228. The van der Waals surface area contributed by atoms with Crippen molar-refractivity contribution in [1.82, 2.24) is 9.55 Å². The van der Waals surface area contributed by atoms with E-state index in [1.54, 1.807) is 35.8 Å². The number of anilines is 1. The fraction of sp³-hybridized carbons (Fsp3) is 0.0870. The van der Waals surface area contributed by atoms with Crippen LogP contribution in [0.1, 0.15) is 21.5 Å². The number of ketones is 1. The number of nitro benzene ring substituents is 1. The SMILES string of the molecule is Cc1c(Cn2cc(C(=O)C(=O)Nc3c(Cl)cncc3Cl)c3cccc(O)c32)cccc1[N+](=O)[O-].O.O. The van der Waals surface area contributed by atoms with Gasteiger partial charge in [0.15, 0.2) is 0 Å². The van der Waals surface area contributed by atoms with Gasteiger partial charge in [0.2, 0.25) is 0 Å². The van der Waals surface area contributed by atoms with Gasteiger partial charge in [-0.2, -0.15) is 0 Å². The number of halogens is 2. The molecule has 2 heterocycles.